The van der Waals surface area contributed by atoms with Gasteiger partial charge in [0.1, 0.15) is 24.8 Å². The van der Waals surface area contributed by atoms with Crippen LogP contribution in [0, 0.1) is 11.3 Å². The Labute approximate surface area is 227 Å². The fourth-order valence-corrected chi connectivity index (χ4v) is 7.86. The lowest BCUT2D eigenvalue weighted by atomic mass is 9.55. The number of fused-ring (bicyclic) bond motifs is 1. The highest BCUT2D eigenvalue weighted by molar-refractivity contribution is 7.93. The number of nitrogens with zero attached hydrogens (tertiary/aromatic N) is 3. The van der Waals surface area contributed by atoms with Crippen molar-refractivity contribution in [2.45, 2.75) is 29.1 Å². The summed E-state index contributed by atoms with van der Waals surface area (Å²) in [6.45, 7) is 0.240. The molecule has 1 N–H and O–H groups in total. The quantitative estimate of drug-likeness (QED) is 0.300. The van der Waals surface area contributed by atoms with Crippen molar-refractivity contribution in [3.8, 4) is 11.8 Å². The molecule has 1 aromatic heterocycles. The first-order valence-corrected chi connectivity index (χ1v) is 14.4. The molecule has 0 fully saturated rings. The lowest BCUT2D eigenvalue weighted by Crippen LogP contribution is -2.44. The zero-order chi connectivity index (χ0) is 25.8. The zero-order valence-corrected chi connectivity index (χ0v) is 22.3. The molecular weight excluding hydrogens is 551 g/mol. The van der Waals surface area contributed by atoms with Crippen LogP contribution in [0.25, 0.3) is 0 Å². The first-order chi connectivity index (χ1) is 17.8. The van der Waals surface area contributed by atoms with E-state index in [1.807, 2.05) is 24.3 Å². The summed E-state index contributed by atoms with van der Waals surface area (Å²) in [6.07, 6.45) is 2.96. The highest BCUT2D eigenvalue weighted by atomic mass is 35.5. The number of anilines is 1. The average Bonchev–Trinajstić information content (AvgIpc) is 3.40. The number of aromatic nitrogens is 2. The maximum absolute atomic E-state index is 12.8. The normalized spacial score (nSPS) is 19.5. The van der Waals surface area contributed by atoms with E-state index in [0.717, 1.165) is 46.6 Å². The van der Waals surface area contributed by atoms with Crippen LogP contribution in [0.3, 0.4) is 0 Å². The molecule has 7 nitrogen and oxygen atoms in total. The van der Waals surface area contributed by atoms with E-state index < -0.39 is 15.4 Å². The van der Waals surface area contributed by atoms with Crippen molar-refractivity contribution in [1.82, 2.24) is 9.36 Å². The number of hydrogen-bond donors (Lipinski definition) is 1. The van der Waals surface area contributed by atoms with Crippen LogP contribution in [-0.2, 0) is 15.4 Å². The van der Waals surface area contributed by atoms with Crippen molar-refractivity contribution in [3.63, 3.8) is 0 Å². The van der Waals surface area contributed by atoms with Crippen molar-refractivity contribution >= 4 is 49.9 Å². The Morgan fingerprint density at radius 2 is 1.81 bits per heavy atom. The predicted octanol–water partition coefficient (Wildman–Crippen LogP) is 6.12. The van der Waals surface area contributed by atoms with E-state index in [0.29, 0.717) is 15.8 Å². The van der Waals surface area contributed by atoms with Crippen LogP contribution in [0.1, 0.15) is 46.6 Å². The summed E-state index contributed by atoms with van der Waals surface area (Å²) in [7, 11) is -3.95. The maximum atomic E-state index is 12.8. The van der Waals surface area contributed by atoms with Crippen LogP contribution in [0.5, 0.6) is 5.75 Å². The van der Waals surface area contributed by atoms with Gasteiger partial charge in [-0.05, 0) is 65.4 Å². The Morgan fingerprint density at radius 1 is 1.11 bits per heavy atom. The van der Waals surface area contributed by atoms with Gasteiger partial charge in [-0.2, -0.15) is 9.64 Å². The smallest absolute Gasteiger partial charge is 0.263 e. The van der Waals surface area contributed by atoms with Gasteiger partial charge in [0, 0.05) is 27.5 Å². The third-order valence-corrected chi connectivity index (χ3v) is 9.84. The van der Waals surface area contributed by atoms with Gasteiger partial charge in [-0.25, -0.2) is 13.4 Å². The summed E-state index contributed by atoms with van der Waals surface area (Å²) in [5.41, 5.74) is 3.95. The molecule has 3 aromatic carbocycles. The first kappa shape index (κ1) is 24.2. The SMILES string of the molecule is N#Cc1cc(S(=O)(=O)Nc2ncns2)ccc1OCC12CCC(c3c(Cl)cccc31)c1c(Cl)cccc12. The van der Waals surface area contributed by atoms with E-state index in [4.69, 9.17) is 27.9 Å². The molecule has 7 rings (SSSR count). The molecule has 0 aliphatic heterocycles. The van der Waals surface area contributed by atoms with Crippen molar-refractivity contribution in [3.05, 3.63) is 98.8 Å². The van der Waals surface area contributed by atoms with Crippen LogP contribution >= 0.6 is 34.7 Å². The second-order valence-corrected chi connectivity index (χ2v) is 12.3. The number of rotatable bonds is 6. The second-order valence-electron chi connectivity index (χ2n) is 8.99. The minimum absolute atomic E-state index is 0.0720. The third-order valence-electron chi connectivity index (χ3n) is 7.13. The number of halogens is 2. The summed E-state index contributed by atoms with van der Waals surface area (Å²) < 4.78 is 38.0. The van der Waals surface area contributed by atoms with Gasteiger partial charge in [0.2, 0.25) is 5.13 Å². The lowest BCUT2D eigenvalue weighted by molar-refractivity contribution is 0.209. The summed E-state index contributed by atoms with van der Waals surface area (Å²) >= 11 is 14.3. The number of ether oxygens (including phenoxy) is 1. The van der Waals surface area contributed by atoms with Gasteiger partial charge in [-0.3, -0.25) is 4.72 Å². The van der Waals surface area contributed by atoms with Gasteiger partial charge in [0.05, 0.1) is 15.9 Å². The van der Waals surface area contributed by atoms with Crippen LogP contribution in [0.2, 0.25) is 10.0 Å². The summed E-state index contributed by atoms with van der Waals surface area (Å²) in [6, 6.07) is 18.1. The van der Waals surface area contributed by atoms with Gasteiger partial charge in [-0.1, -0.05) is 47.5 Å². The number of sulfonamides is 1. The van der Waals surface area contributed by atoms with E-state index >= 15 is 0 Å². The molecule has 37 heavy (non-hydrogen) atoms. The molecule has 4 aromatic rings. The topological polar surface area (TPSA) is 105 Å². The largest absolute Gasteiger partial charge is 0.491 e. The van der Waals surface area contributed by atoms with Gasteiger partial charge in [-0.15, -0.1) is 0 Å². The molecule has 0 unspecified atom stereocenters. The van der Waals surface area contributed by atoms with Crippen LogP contribution in [-0.4, -0.2) is 24.4 Å². The minimum atomic E-state index is -3.95. The fraction of sp³-hybridized carbons (Fsp3) is 0.192. The summed E-state index contributed by atoms with van der Waals surface area (Å²) in [4.78, 5) is 3.77. The monoisotopic (exact) mass is 568 g/mol. The molecule has 0 atom stereocenters. The Balaban J connectivity index is 1.37. The Morgan fingerprint density at radius 3 is 2.43 bits per heavy atom. The molecule has 3 aliphatic carbocycles. The molecule has 11 heteroatoms. The first-order valence-electron chi connectivity index (χ1n) is 11.4. The molecule has 0 saturated carbocycles. The molecule has 2 bridgehead atoms. The number of nitrogens with one attached hydrogen (secondary N) is 1. The molecule has 1 heterocycles. The van der Waals surface area contributed by atoms with E-state index in [-0.39, 0.29) is 28.1 Å². The van der Waals surface area contributed by atoms with Crippen molar-refractivity contribution in [1.29, 1.82) is 5.26 Å². The summed E-state index contributed by atoms with van der Waals surface area (Å²) in [5, 5.41) is 11.4. The molecule has 0 amide bonds. The van der Waals surface area contributed by atoms with E-state index in [9.17, 15) is 13.7 Å². The highest BCUT2D eigenvalue weighted by Gasteiger charge is 2.50. The molecular formula is C26H18Cl2N4O3S2. The van der Waals surface area contributed by atoms with E-state index in [1.165, 1.54) is 24.5 Å². The summed E-state index contributed by atoms with van der Waals surface area (Å²) in [5.74, 6) is 0.417. The van der Waals surface area contributed by atoms with Crippen molar-refractivity contribution in [2.75, 3.05) is 11.3 Å². The molecule has 186 valence electrons. The van der Waals surface area contributed by atoms with Crippen LogP contribution < -0.4 is 9.46 Å². The Bertz CT molecular complexity index is 1630. The predicted molar refractivity (Wildman–Crippen MR) is 142 cm³/mol. The highest BCUT2D eigenvalue weighted by Crippen LogP contribution is 2.59. The number of benzene rings is 3. The van der Waals surface area contributed by atoms with Crippen LogP contribution in [0.4, 0.5) is 5.13 Å². The van der Waals surface area contributed by atoms with Gasteiger partial charge >= 0.3 is 0 Å². The van der Waals surface area contributed by atoms with Gasteiger partial charge in [0.15, 0.2) is 0 Å². The number of nitriles is 1. The second kappa shape index (κ2) is 8.99. The fourth-order valence-electron chi connectivity index (χ4n) is 5.57. The molecule has 0 saturated heterocycles. The molecule has 3 aliphatic rings. The lowest BCUT2D eigenvalue weighted by Gasteiger charge is -2.49. The van der Waals surface area contributed by atoms with Crippen LogP contribution in [0.15, 0.2) is 65.8 Å². The zero-order valence-electron chi connectivity index (χ0n) is 19.1. The molecule has 0 spiro atoms. The Kier molecular flexibility index (Phi) is 5.88. The van der Waals surface area contributed by atoms with Gasteiger partial charge < -0.3 is 4.74 Å². The van der Waals surface area contributed by atoms with Crippen molar-refractivity contribution in [2.24, 2.45) is 0 Å². The average molecular weight is 569 g/mol. The maximum Gasteiger partial charge on any atom is 0.263 e. The standard InChI is InChI=1S/C26H18Cl2N4O3S2/c27-20-5-1-3-18-23(20)17-9-10-26(18,19-4-2-6-21(28)24(17)19)13-35-22-8-7-16(11-15(22)12-29)37(33,34)32-25-30-14-31-36-25/h1-8,11,14,17H,9-10,13H2,(H,30,31,32). The van der Waals surface area contributed by atoms with E-state index in [2.05, 4.69) is 32.3 Å². The minimum Gasteiger partial charge on any atom is -0.491 e. The van der Waals surface area contributed by atoms with E-state index in [1.54, 1.807) is 0 Å². The van der Waals surface area contributed by atoms with Crippen molar-refractivity contribution < 1.29 is 13.2 Å². The third kappa shape index (κ3) is 3.87. The number of hydrogen-bond acceptors (Lipinski definition) is 7. The molecule has 0 radical (unpaired) electrons. The van der Waals surface area contributed by atoms with Gasteiger partial charge in [0.25, 0.3) is 10.0 Å². The Hall–Kier alpha value is -3.16.